The van der Waals surface area contributed by atoms with E-state index in [0.29, 0.717) is 6.42 Å². The van der Waals surface area contributed by atoms with Gasteiger partial charge in [0.05, 0.1) is 16.8 Å². The second-order valence-corrected chi connectivity index (χ2v) is 5.03. The highest BCUT2D eigenvalue weighted by atomic mass is 19.4. The van der Waals surface area contributed by atoms with Crippen molar-refractivity contribution in [1.29, 1.82) is 0 Å². The number of halogens is 3. The molecule has 0 saturated carbocycles. The minimum absolute atomic E-state index is 0.0624. The average Bonchev–Trinajstić information content (AvgIpc) is 2.73. The normalized spacial score (nSPS) is 17.2. The second-order valence-electron chi connectivity index (χ2n) is 5.03. The van der Waals surface area contributed by atoms with Crippen LogP contribution in [0, 0.1) is 0 Å². The fourth-order valence-electron chi connectivity index (χ4n) is 2.13. The van der Waals surface area contributed by atoms with Crippen LogP contribution in [0.1, 0.15) is 17.5 Å². The van der Waals surface area contributed by atoms with E-state index in [9.17, 15) is 22.8 Å². The van der Waals surface area contributed by atoms with Crippen LogP contribution >= 0.6 is 0 Å². The first-order chi connectivity index (χ1) is 11.3. The zero-order valence-electron chi connectivity index (χ0n) is 12.8. The summed E-state index contributed by atoms with van der Waals surface area (Å²) in [6.07, 6.45) is 2.90. The van der Waals surface area contributed by atoms with Crippen LogP contribution in [0.2, 0.25) is 0 Å². The molecule has 1 aliphatic carbocycles. The number of benzene rings is 1. The molecule has 124 valence electrons. The number of nitrogens with zero attached hydrogens (tertiary/aromatic N) is 1. The number of hydrogen-bond acceptors (Lipinski definition) is 3. The Morgan fingerprint density at radius 2 is 2.04 bits per heavy atom. The Hall–Kier alpha value is -2.76. The summed E-state index contributed by atoms with van der Waals surface area (Å²) in [6, 6.07) is 4.59. The molecule has 0 aliphatic heterocycles. The third kappa shape index (κ3) is 4.16. The van der Waals surface area contributed by atoms with Crippen LogP contribution in [0.15, 0.2) is 59.1 Å². The fourth-order valence-corrected chi connectivity index (χ4v) is 2.13. The summed E-state index contributed by atoms with van der Waals surface area (Å²) < 4.78 is 38.0. The van der Waals surface area contributed by atoms with E-state index in [-0.39, 0.29) is 16.8 Å². The molecule has 24 heavy (non-hydrogen) atoms. The summed E-state index contributed by atoms with van der Waals surface area (Å²) in [6.45, 7) is 0. The van der Waals surface area contributed by atoms with Crippen LogP contribution in [0.25, 0.3) is 6.08 Å². The molecule has 3 nitrogen and oxygen atoms in total. The van der Waals surface area contributed by atoms with Gasteiger partial charge in [0.2, 0.25) is 5.78 Å². The zero-order valence-corrected chi connectivity index (χ0v) is 12.8. The van der Waals surface area contributed by atoms with Crippen molar-refractivity contribution in [3.63, 3.8) is 0 Å². The van der Waals surface area contributed by atoms with Crippen molar-refractivity contribution < 1.29 is 22.8 Å². The van der Waals surface area contributed by atoms with Crippen LogP contribution in [-0.4, -0.2) is 24.3 Å². The van der Waals surface area contributed by atoms with Crippen molar-refractivity contribution in [3.05, 3.63) is 65.3 Å². The maximum atomic E-state index is 12.7. The highest BCUT2D eigenvalue weighted by Gasteiger charge is 2.30. The van der Waals surface area contributed by atoms with E-state index >= 15 is 0 Å². The predicted octanol–water partition coefficient (Wildman–Crippen LogP) is 3.81. The summed E-state index contributed by atoms with van der Waals surface area (Å²) in [7, 11) is 1.47. The molecule has 2 rings (SSSR count). The molecule has 0 bridgehead atoms. The molecule has 0 unspecified atom stereocenters. The summed E-state index contributed by atoms with van der Waals surface area (Å²) in [5.41, 5.74) is -0.381. The van der Waals surface area contributed by atoms with E-state index < -0.39 is 23.3 Å². The second kappa shape index (κ2) is 7.21. The average molecular weight is 333 g/mol. The van der Waals surface area contributed by atoms with Gasteiger partial charge in [-0.05, 0) is 29.8 Å². The van der Waals surface area contributed by atoms with Crippen molar-refractivity contribution >= 4 is 23.4 Å². The highest BCUT2D eigenvalue weighted by Crippen LogP contribution is 2.29. The van der Waals surface area contributed by atoms with Crippen LogP contribution in [-0.2, 0) is 15.8 Å². The highest BCUT2D eigenvalue weighted by molar-refractivity contribution is 6.52. The van der Waals surface area contributed by atoms with Crippen molar-refractivity contribution in [3.8, 4) is 0 Å². The standard InChI is InChI=1S/C18H14F3NO2/c1-22-15-8-3-2-7-14(17(15)24)16(23)10-9-12-5-4-6-13(11-12)18(19,20)21/h2-7,9-11H,8H2,1H3/b10-9+,22-15?. The van der Waals surface area contributed by atoms with Crippen molar-refractivity contribution in [2.75, 3.05) is 7.05 Å². The third-order valence-corrected chi connectivity index (χ3v) is 3.39. The maximum absolute atomic E-state index is 12.7. The van der Waals surface area contributed by atoms with Gasteiger partial charge >= 0.3 is 6.18 Å². The molecule has 0 radical (unpaired) electrons. The summed E-state index contributed by atoms with van der Waals surface area (Å²) in [5, 5.41) is 0. The molecule has 1 aromatic rings. The number of carbonyl (C=O) groups is 2. The Morgan fingerprint density at radius 1 is 1.29 bits per heavy atom. The van der Waals surface area contributed by atoms with Crippen molar-refractivity contribution in [1.82, 2.24) is 0 Å². The van der Waals surface area contributed by atoms with E-state index in [0.717, 1.165) is 18.2 Å². The molecule has 1 aliphatic rings. The van der Waals surface area contributed by atoms with Gasteiger partial charge in [-0.2, -0.15) is 13.2 Å². The van der Waals surface area contributed by atoms with Crippen LogP contribution in [0.4, 0.5) is 13.2 Å². The lowest BCUT2D eigenvalue weighted by molar-refractivity contribution is -0.137. The van der Waals surface area contributed by atoms with Crippen molar-refractivity contribution in [2.45, 2.75) is 12.6 Å². The van der Waals surface area contributed by atoms with E-state index in [1.165, 1.54) is 31.3 Å². The Labute approximate surface area is 136 Å². The number of ketones is 2. The summed E-state index contributed by atoms with van der Waals surface area (Å²) in [4.78, 5) is 28.2. The monoisotopic (exact) mass is 333 g/mol. The van der Waals surface area contributed by atoms with Crippen LogP contribution in [0.5, 0.6) is 0 Å². The van der Waals surface area contributed by atoms with E-state index in [1.54, 1.807) is 12.2 Å². The minimum atomic E-state index is -4.45. The number of alkyl halides is 3. The molecule has 1 aromatic carbocycles. The lowest BCUT2D eigenvalue weighted by Crippen LogP contribution is -2.19. The van der Waals surface area contributed by atoms with Crippen molar-refractivity contribution in [2.24, 2.45) is 4.99 Å². The molecular formula is C18H14F3NO2. The first-order valence-electron chi connectivity index (χ1n) is 7.10. The minimum Gasteiger partial charge on any atom is -0.289 e. The maximum Gasteiger partial charge on any atom is 0.416 e. The van der Waals surface area contributed by atoms with Gasteiger partial charge < -0.3 is 0 Å². The number of hydrogen-bond donors (Lipinski definition) is 0. The number of rotatable bonds is 3. The fraction of sp³-hybridized carbons (Fsp3) is 0.167. The van der Waals surface area contributed by atoms with Gasteiger partial charge in [0.1, 0.15) is 0 Å². The Morgan fingerprint density at radius 3 is 2.71 bits per heavy atom. The number of Topliss-reactive ketones (excluding diaryl/α,β-unsaturated/α-hetero) is 1. The summed E-state index contributed by atoms with van der Waals surface area (Å²) >= 11 is 0. The zero-order chi connectivity index (χ0) is 17.7. The Kier molecular flexibility index (Phi) is 5.28. The van der Waals surface area contributed by atoms with E-state index in [2.05, 4.69) is 4.99 Å². The number of carbonyl (C=O) groups excluding carboxylic acids is 2. The number of allylic oxidation sites excluding steroid dienone is 5. The molecule has 0 spiro atoms. The smallest absolute Gasteiger partial charge is 0.289 e. The van der Waals surface area contributed by atoms with Crippen LogP contribution < -0.4 is 0 Å². The summed E-state index contributed by atoms with van der Waals surface area (Å²) in [5.74, 6) is -1.05. The molecule has 0 atom stereocenters. The van der Waals surface area contributed by atoms with Gasteiger partial charge in [-0.1, -0.05) is 30.4 Å². The first kappa shape index (κ1) is 17.6. The van der Waals surface area contributed by atoms with Crippen LogP contribution in [0.3, 0.4) is 0 Å². The molecule has 0 saturated heterocycles. The SMILES string of the molecule is CN=C1CC=CC=C(C(=O)/C=C/c2cccc(C(F)(F)F)c2)C1=O. The third-order valence-electron chi connectivity index (χ3n) is 3.39. The number of aliphatic imine (C=N–C) groups is 1. The molecule has 0 heterocycles. The topological polar surface area (TPSA) is 46.5 Å². The van der Waals surface area contributed by atoms with Gasteiger partial charge in [-0.3, -0.25) is 14.6 Å². The van der Waals surface area contributed by atoms with Gasteiger partial charge in [-0.15, -0.1) is 0 Å². The quantitative estimate of drug-likeness (QED) is 0.624. The van der Waals surface area contributed by atoms with E-state index in [4.69, 9.17) is 0 Å². The molecular weight excluding hydrogens is 319 g/mol. The van der Waals surface area contributed by atoms with E-state index in [1.807, 2.05) is 0 Å². The van der Waals surface area contributed by atoms with Gasteiger partial charge in [-0.25, -0.2) is 0 Å². The molecule has 0 fully saturated rings. The molecule has 6 heteroatoms. The lowest BCUT2D eigenvalue weighted by atomic mass is 10.0. The molecule has 0 N–H and O–H groups in total. The lowest BCUT2D eigenvalue weighted by Gasteiger charge is -2.06. The first-order valence-corrected chi connectivity index (χ1v) is 7.10. The van der Waals surface area contributed by atoms with Gasteiger partial charge in [0.25, 0.3) is 0 Å². The largest absolute Gasteiger partial charge is 0.416 e. The predicted molar refractivity (Wildman–Crippen MR) is 85.7 cm³/mol. The molecule has 0 aromatic heterocycles. The Bertz CT molecular complexity index is 784. The Balaban J connectivity index is 2.23. The van der Waals surface area contributed by atoms with Gasteiger partial charge in [0, 0.05) is 13.5 Å². The molecule has 0 amide bonds. The van der Waals surface area contributed by atoms with Gasteiger partial charge in [0.15, 0.2) is 5.78 Å².